The summed E-state index contributed by atoms with van der Waals surface area (Å²) in [5, 5.41) is 18.5. The van der Waals surface area contributed by atoms with Crippen LogP contribution in [-0.2, 0) is 9.53 Å². The second-order valence-electron chi connectivity index (χ2n) is 6.25. The van der Waals surface area contributed by atoms with E-state index in [-0.39, 0.29) is 11.6 Å². The Bertz CT molecular complexity index is 820. The van der Waals surface area contributed by atoms with Gasteiger partial charge in [-0.25, -0.2) is 4.79 Å². The number of aromatic nitrogens is 2. The van der Waals surface area contributed by atoms with Gasteiger partial charge in [-0.05, 0) is 31.7 Å². The lowest BCUT2D eigenvalue weighted by Crippen LogP contribution is -2.48. The van der Waals surface area contributed by atoms with Crippen LogP contribution in [0.1, 0.15) is 30.3 Å². The van der Waals surface area contributed by atoms with Crippen molar-refractivity contribution in [2.45, 2.75) is 25.3 Å². The van der Waals surface area contributed by atoms with E-state index in [2.05, 4.69) is 21.6 Å². The Labute approximate surface area is 145 Å². The quantitative estimate of drug-likeness (QED) is 0.784. The van der Waals surface area contributed by atoms with Gasteiger partial charge < -0.3 is 10.1 Å². The molecule has 0 spiro atoms. The molecule has 1 aliphatic carbocycles. The van der Waals surface area contributed by atoms with Gasteiger partial charge in [-0.1, -0.05) is 30.3 Å². The van der Waals surface area contributed by atoms with Gasteiger partial charge >= 0.3 is 5.97 Å². The van der Waals surface area contributed by atoms with E-state index >= 15 is 0 Å². The van der Waals surface area contributed by atoms with Gasteiger partial charge in [-0.2, -0.15) is 10.4 Å². The van der Waals surface area contributed by atoms with E-state index < -0.39 is 24.0 Å². The third-order valence-corrected chi connectivity index (χ3v) is 4.23. The highest BCUT2D eigenvalue weighted by molar-refractivity contribution is 5.90. The minimum atomic E-state index is -0.905. The van der Waals surface area contributed by atoms with Crippen molar-refractivity contribution in [1.29, 1.82) is 5.26 Å². The molecule has 1 fully saturated rings. The van der Waals surface area contributed by atoms with Gasteiger partial charge in [0.15, 0.2) is 6.61 Å². The largest absolute Gasteiger partial charge is 0.451 e. The average molecular weight is 338 g/mol. The molecule has 0 saturated heterocycles. The van der Waals surface area contributed by atoms with E-state index in [0.717, 1.165) is 18.4 Å². The summed E-state index contributed by atoms with van der Waals surface area (Å²) in [7, 11) is 0. The number of aromatic amines is 1. The van der Waals surface area contributed by atoms with E-state index in [1.54, 1.807) is 13.0 Å². The van der Waals surface area contributed by atoms with Crippen LogP contribution in [0.2, 0.25) is 0 Å². The highest BCUT2D eigenvalue weighted by atomic mass is 16.5. The van der Waals surface area contributed by atoms with Gasteiger partial charge in [0.2, 0.25) is 0 Å². The smallest absolute Gasteiger partial charge is 0.356 e. The summed E-state index contributed by atoms with van der Waals surface area (Å²) < 4.78 is 5.00. The Morgan fingerprint density at radius 2 is 2.12 bits per heavy atom. The highest BCUT2D eigenvalue weighted by Crippen LogP contribution is 2.39. The van der Waals surface area contributed by atoms with Crippen molar-refractivity contribution in [3.63, 3.8) is 0 Å². The van der Waals surface area contributed by atoms with Crippen LogP contribution in [0.4, 0.5) is 0 Å². The van der Waals surface area contributed by atoms with Crippen LogP contribution in [0.5, 0.6) is 0 Å². The monoisotopic (exact) mass is 338 g/mol. The number of nitrogens with zero attached hydrogens (tertiary/aromatic N) is 2. The second-order valence-corrected chi connectivity index (χ2v) is 6.25. The molecule has 1 heterocycles. The molecule has 1 aromatic heterocycles. The van der Waals surface area contributed by atoms with Crippen LogP contribution in [0.3, 0.4) is 0 Å². The predicted molar refractivity (Wildman–Crippen MR) is 89.2 cm³/mol. The second kappa shape index (κ2) is 6.77. The molecule has 128 valence electrons. The average Bonchev–Trinajstić information content (AvgIpc) is 3.38. The van der Waals surface area contributed by atoms with Gasteiger partial charge in [0, 0.05) is 5.56 Å². The van der Waals surface area contributed by atoms with Crippen LogP contribution >= 0.6 is 0 Å². The number of carbonyl (C=O) groups is 2. The van der Waals surface area contributed by atoms with Crippen molar-refractivity contribution in [1.82, 2.24) is 15.5 Å². The maximum atomic E-state index is 12.0. The number of amides is 1. The molecular weight excluding hydrogens is 320 g/mol. The van der Waals surface area contributed by atoms with E-state index in [4.69, 9.17) is 4.74 Å². The molecule has 1 amide bonds. The molecule has 25 heavy (non-hydrogen) atoms. The van der Waals surface area contributed by atoms with Crippen LogP contribution in [-0.4, -0.2) is 34.2 Å². The number of carbonyl (C=O) groups excluding carboxylic acids is 2. The van der Waals surface area contributed by atoms with E-state index in [9.17, 15) is 14.9 Å². The minimum Gasteiger partial charge on any atom is -0.451 e. The zero-order valence-electron chi connectivity index (χ0n) is 13.8. The molecular formula is C18H18N4O3. The van der Waals surface area contributed by atoms with Gasteiger partial charge in [0.05, 0.1) is 11.8 Å². The summed E-state index contributed by atoms with van der Waals surface area (Å²) in [4.78, 5) is 24.0. The lowest BCUT2D eigenvalue weighted by molar-refractivity contribution is -0.125. The summed E-state index contributed by atoms with van der Waals surface area (Å²) in [6.45, 7) is 1.24. The summed E-state index contributed by atoms with van der Waals surface area (Å²) >= 11 is 0. The molecule has 1 atom stereocenters. The van der Waals surface area contributed by atoms with E-state index in [1.807, 2.05) is 30.3 Å². The molecule has 2 aromatic rings. The molecule has 2 N–H and O–H groups in total. The lowest BCUT2D eigenvalue weighted by atomic mass is 9.98. The Morgan fingerprint density at radius 3 is 2.76 bits per heavy atom. The fourth-order valence-corrected chi connectivity index (χ4v) is 2.60. The molecule has 7 heteroatoms. The molecule has 0 radical (unpaired) electrons. The van der Waals surface area contributed by atoms with Crippen molar-refractivity contribution >= 4 is 11.9 Å². The standard InChI is InChI=1S/C18H18N4O3/c1-18(11-19,13-7-8-13)20-16(23)10-25-17(24)15-9-14(21-22-15)12-5-3-2-4-6-12/h2-6,9,13H,7-8,10H2,1H3,(H,20,23)(H,21,22)/t18-/m0/s1. The maximum Gasteiger partial charge on any atom is 0.356 e. The molecule has 1 aromatic carbocycles. The fraction of sp³-hybridized carbons (Fsp3) is 0.333. The molecule has 7 nitrogen and oxygen atoms in total. The van der Waals surface area contributed by atoms with Crippen molar-refractivity contribution < 1.29 is 14.3 Å². The third-order valence-electron chi connectivity index (χ3n) is 4.23. The molecule has 1 aliphatic rings. The number of benzene rings is 1. The number of H-pyrrole nitrogens is 1. The number of nitrogens with one attached hydrogen (secondary N) is 2. The Morgan fingerprint density at radius 1 is 1.40 bits per heavy atom. The van der Waals surface area contributed by atoms with Crippen molar-refractivity contribution in [3.8, 4) is 17.3 Å². The molecule has 0 unspecified atom stereocenters. The van der Waals surface area contributed by atoms with Crippen LogP contribution in [0, 0.1) is 17.2 Å². The Kier molecular flexibility index (Phi) is 4.52. The van der Waals surface area contributed by atoms with Gasteiger partial charge in [-0.15, -0.1) is 0 Å². The zero-order valence-corrected chi connectivity index (χ0v) is 13.8. The predicted octanol–water partition coefficient (Wildman–Crippen LogP) is 2.04. The Hall–Kier alpha value is -3.14. The normalized spacial score (nSPS) is 15.7. The van der Waals surface area contributed by atoms with Crippen molar-refractivity contribution in [2.24, 2.45) is 5.92 Å². The summed E-state index contributed by atoms with van der Waals surface area (Å²) in [5.41, 5.74) is 0.738. The number of hydrogen-bond donors (Lipinski definition) is 2. The Balaban J connectivity index is 1.55. The SMILES string of the molecule is C[C@@](C#N)(NC(=O)COC(=O)c1cc(-c2ccccc2)n[nH]1)C1CC1. The van der Waals surface area contributed by atoms with Gasteiger partial charge in [0.25, 0.3) is 5.91 Å². The molecule has 1 saturated carbocycles. The van der Waals surface area contributed by atoms with Gasteiger partial charge in [0.1, 0.15) is 11.2 Å². The number of ether oxygens (including phenoxy) is 1. The highest BCUT2D eigenvalue weighted by Gasteiger charge is 2.43. The molecule has 3 rings (SSSR count). The van der Waals surface area contributed by atoms with Crippen molar-refractivity contribution in [2.75, 3.05) is 6.61 Å². The van der Waals surface area contributed by atoms with E-state index in [1.165, 1.54) is 0 Å². The topological polar surface area (TPSA) is 108 Å². The molecule has 0 aliphatic heterocycles. The fourth-order valence-electron chi connectivity index (χ4n) is 2.60. The zero-order chi connectivity index (χ0) is 17.9. The minimum absolute atomic E-state index is 0.164. The summed E-state index contributed by atoms with van der Waals surface area (Å²) in [6, 6.07) is 13.1. The third kappa shape index (κ3) is 3.86. The maximum absolute atomic E-state index is 12.0. The van der Waals surface area contributed by atoms with Gasteiger partial charge in [-0.3, -0.25) is 9.89 Å². The summed E-state index contributed by atoms with van der Waals surface area (Å²) in [6.07, 6.45) is 1.83. The van der Waals surface area contributed by atoms with Crippen LogP contribution < -0.4 is 5.32 Å². The molecule has 0 bridgehead atoms. The first kappa shape index (κ1) is 16.7. The van der Waals surface area contributed by atoms with Crippen molar-refractivity contribution in [3.05, 3.63) is 42.1 Å². The van der Waals surface area contributed by atoms with Crippen LogP contribution in [0.15, 0.2) is 36.4 Å². The number of hydrogen-bond acceptors (Lipinski definition) is 5. The lowest BCUT2D eigenvalue weighted by Gasteiger charge is -2.22. The number of esters is 1. The summed E-state index contributed by atoms with van der Waals surface area (Å²) in [5.74, 6) is -1.000. The van der Waals surface area contributed by atoms with E-state index in [0.29, 0.717) is 5.69 Å². The first-order valence-electron chi connectivity index (χ1n) is 8.02. The first-order valence-corrected chi connectivity index (χ1v) is 8.02. The van der Waals surface area contributed by atoms with Crippen LogP contribution in [0.25, 0.3) is 11.3 Å². The first-order chi connectivity index (χ1) is 12.0. The number of rotatable bonds is 6. The number of nitriles is 1.